The topological polar surface area (TPSA) is 78.9 Å². The third kappa shape index (κ3) is 66.2. The second-order valence-electron chi connectivity index (χ2n) is 22.0. The monoisotopic (exact) mass is 1120 g/mol. The van der Waals surface area contributed by atoms with Crippen LogP contribution >= 0.6 is 0 Å². The van der Waals surface area contributed by atoms with E-state index in [2.05, 4.69) is 142 Å². The Balaban J connectivity index is 4.31. The summed E-state index contributed by atoms with van der Waals surface area (Å²) in [5, 5.41) is 0. The molecule has 6 heteroatoms. The molecule has 81 heavy (non-hydrogen) atoms. The number of carbonyl (C=O) groups excluding carboxylic acids is 3. The first-order valence-corrected chi connectivity index (χ1v) is 33.7. The summed E-state index contributed by atoms with van der Waals surface area (Å²) in [5.41, 5.74) is 0. The van der Waals surface area contributed by atoms with E-state index in [1.165, 1.54) is 148 Å². The third-order valence-electron chi connectivity index (χ3n) is 14.2. The van der Waals surface area contributed by atoms with Crippen molar-refractivity contribution in [1.29, 1.82) is 0 Å². The Morgan fingerprint density at radius 1 is 0.272 bits per heavy atom. The fourth-order valence-electron chi connectivity index (χ4n) is 9.19. The van der Waals surface area contributed by atoms with Gasteiger partial charge in [0.2, 0.25) is 0 Å². The lowest BCUT2D eigenvalue weighted by atomic mass is 10.0. The van der Waals surface area contributed by atoms with E-state index in [-0.39, 0.29) is 38.0 Å². The van der Waals surface area contributed by atoms with Gasteiger partial charge >= 0.3 is 17.9 Å². The molecule has 1 atom stereocenters. The zero-order chi connectivity index (χ0) is 58.5. The molecule has 0 fully saturated rings. The van der Waals surface area contributed by atoms with Crippen molar-refractivity contribution in [2.75, 3.05) is 13.2 Å². The summed E-state index contributed by atoms with van der Waals surface area (Å²) in [6, 6.07) is 0. The van der Waals surface area contributed by atoms with Gasteiger partial charge in [-0.3, -0.25) is 14.4 Å². The molecule has 0 heterocycles. The number of hydrogen-bond acceptors (Lipinski definition) is 6. The Labute approximate surface area is 500 Å². The highest BCUT2D eigenvalue weighted by Gasteiger charge is 2.19. The first kappa shape index (κ1) is 76.5. The second-order valence-corrected chi connectivity index (χ2v) is 22.0. The van der Waals surface area contributed by atoms with Crippen molar-refractivity contribution >= 4 is 17.9 Å². The molecule has 6 nitrogen and oxygen atoms in total. The summed E-state index contributed by atoms with van der Waals surface area (Å²) >= 11 is 0. The van der Waals surface area contributed by atoms with Crippen molar-refractivity contribution in [3.8, 4) is 0 Å². The highest BCUT2D eigenvalue weighted by molar-refractivity contribution is 5.72. The number of esters is 3. The Hall–Kier alpha value is -4.45. The van der Waals surface area contributed by atoms with Gasteiger partial charge in [0.25, 0.3) is 0 Å². The molecule has 0 rings (SSSR count). The van der Waals surface area contributed by atoms with Crippen LogP contribution in [0.5, 0.6) is 0 Å². The highest BCUT2D eigenvalue weighted by atomic mass is 16.6. The minimum atomic E-state index is -0.836. The van der Waals surface area contributed by atoms with Gasteiger partial charge in [0.05, 0.1) is 6.42 Å². The van der Waals surface area contributed by atoms with E-state index < -0.39 is 12.1 Å². The van der Waals surface area contributed by atoms with Gasteiger partial charge in [-0.05, 0) is 116 Å². The van der Waals surface area contributed by atoms with Gasteiger partial charge in [-0.15, -0.1) is 0 Å². The molecule has 0 saturated carbocycles. The maximum atomic E-state index is 12.9. The molecule has 1 unspecified atom stereocenters. The van der Waals surface area contributed by atoms with Crippen LogP contribution in [0.1, 0.15) is 303 Å². The van der Waals surface area contributed by atoms with Crippen LogP contribution in [0.3, 0.4) is 0 Å². The molecule has 0 N–H and O–H groups in total. The van der Waals surface area contributed by atoms with Gasteiger partial charge in [-0.2, -0.15) is 0 Å². The van der Waals surface area contributed by atoms with E-state index in [4.69, 9.17) is 14.2 Å². The Morgan fingerprint density at radius 3 is 0.864 bits per heavy atom. The number of allylic oxidation sites excluding steroid dienone is 21. The molecule has 0 radical (unpaired) electrons. The third-order valence-corrected chi connectivity index (χ3v) is 14.2. The number of ether oxygens (including phenoxy) is 3. The first-order chi connectivity index (χ1) is 40.0. The molecule has 0 amide bonds. The molecular weight excluding hydrogens is 997 g/mol. The maximum absolute atomic E-state index is 12.9. The van der Waals surface area contributed by atoms with Crippen LogP contribution in [-0.4, -0.2) is 37.2 Å². The van der Waals surface area contributed by atoms with Crippen molar-refractivity contribution in [2.45, 2.75) is 309 Å². The zero-order valence-corrected chi connectivity index (χ0v) is 52.8. The van der Waals surface area contributed by atoms with Gasteiger partial charge < -0.3 is 14.2 Å². The van der Waals surface area contributed by atoms with Gasteiger partial charge in [0.15, 0.2) is 6.10 Å². The maximum Gasteiger partial charge on any atom is 0.309 e. The van der Waals surface area contributed by atoms with Crippen LogP contribution < -0.4 is 0 Å². The molecule has 0 aromatic rings. The molecule has 460 valence electrons. The summed E-state index contributed by atoms with van der Waals surface area (Å²) < 4.78 is 16.8. The molecule has 0 saturated heterocycles. The number of unbranched alkanes of at least 4 members (excludes halogenated alkanes) is 28. The standard InChI is InChI=1S/C75H124O6/c1-4-7-10-13-16-19-22-25-28-30-31-32-33-34-35-36-37-38-39-40-41-42-43-45-47-50-53-56-59-62-65-68-74(77)80-71-72(70-79-73(76)67-64-61-58-55-52-49-46-27-24-21-18-15-12-9-6-3)81-75(78)69-66-63-60-57-54-51-48-44-29-26-23-20-17-14-11-8-5-2/h8-9,11-12,17-18,20-22,25-27,29-31,46,48,51-52,55,61,64,72H,4-7,10,13-16,19,23-24,28,32-45,47,49-50,53-54,56-60,62-63,65-71H2,1-3H3/b11-8-,12-9-,20-17-,21-18-,25-22-,29-26-,31-30-,46-27-,51-48-,55-52-,64-61-. The van der Waals surface area contributed by atoms with E-state index in [9.17, 15) is 14.4 Å². The molecule has 0 aliphatic rings. The van der Waals surface area contributed by atoms with E-state index in [0.717, 1.165) is 116 Å². The van der Waals surface area contributed by atoms with Crippen LogP contribution in [0.25, 0.3) is 0 Å². The Morgan fingerprint density at radius 2 is 0.531 bits per heavy atom. The molecule has 0 aromatic heterocycles. The number of rotatable bonds is 60. The van der Waals surface area contributed by atoms with Crippen LogP contribution in [0.15, 0.2) is 134 Å². The van der Waals surface area contributed by atoms with Gasteiger partial charge in [0, 0.05) is 12.8 Å². The molecule has 0 aromatic carbocycles. The lowest BCUT2D eigenvalue weighted by Crippen LogP contribution is -2.30. The van der Waals surface area contributed by atoms with E-state index in [1.54, 1.807) is 6.08 Å². The SMILES string of the molecule is CC/C=C\C/C=C\C/C=C\C/C=C\C/C=C\CC(=O)OCC(COC(=O)CCCCCCCCCCCCCCCCCCCCC/C=C\C/C=C\CCCCCCC)OC(=O)CCCCCC/C=C\C/C=C\C/C=C\C/C=C\CC. The predicted molar refractivity (Wildman–Crippen MR) is 353 cm³/mol. The smallest absolute Gasteiger partial charge is 0.309 e. The zero-order valence-electron chi connectivity index (χ0n) is 52.8. The fourth-order valence-corrected chi connectivity index (χ4v) is 9.19. The molecule has 0 aliphatic carbocycles. The summed E-state index contributed by atoms with van der Waals surface area (Å²) in [6.07, 6.45) is 96.5. The lowest BCUT2D eigenvalue weighted by molar-refractivity contribution is -0.166. The molecular formula is C75H124O6. The highest BCUT2D eigenvalue weighted by Crippen LogP contribution is 2.16. The normalized spacial score (nSPS) is 13.0. The molecule has 0 spiro atoms. The summed E-state index contributed by atoms with van der Waals surface area (Å²) in [7, 11) is 0. The average molecular weight is 1120 g/mol. The van der Waals surface area contributed by atoms with E-state index >= 15 is 0 Å². The first-order valence-electron chi connectivity index (χ1n) is 33.7. The largest absolute Gasteiger partial charge is 0.462 e. The van der Waals surface area contributed by atoms with Crippen molar-refractivity contribution in [1.82, 2.24) is 0 Å². The predicted octanol–water partition coefficient (Wildman–Crippen LogP) is 23.3. The van der Waals surface area contributed by atoms with Crippen LogP contribution in [-0.2, 0) is 28.6 Å². The van der Waals surface area contributed by atoms with Crippen molar-refractivity contribution < 1.29 is 28.6 Å². The van der Waals surface area contributed by atoms with Gasteiger partial charge in [0.1, 0.15) is 13.2 Å². The Kier molecular flexibility index (Phi) is 64.3. The van der Waals surface area contributed by atoms with Crippen molar-refractivity contribution in [3.05, 3.63) is 134 Å². The van der Waals surface area contributed by atoms with Crippen molar-refractivity contribution in [3.63, 3.8) is 0 Å². The van der Waals surface area contributed by atoms with E-state index in [0.29, 0.717) is 6.42 Å². The lowest BCUT2D eigenvalue weighted by Gasteiger charge is -2.18. The number of hydrogen-bond donors (Lipinski definition) is 0. The summed E-state index contributed by atoms with van der Waals surface area (Å²) in [6.45, 7) is 6.31. The quantitative estimate of drug-likeness (QED) is 0.0261. The Bertz CT molecular complexity index is 1720. The van der Waals surface area contributed by atoms with Crippen molar-refractivity contribution in [2.24, 2.45) is 0 Å². The molecule has 0 aliphatic heterocycles. The van der Waals surface area contributed by atoms with Gasteiger partial charge in [-0.25, -0.2) is 0 Å². The minimum Gasteiger partial charge on any atom is -0.462 e. The van der Waals surface area contributed by atoms with Crippen LogP contribution in [0.2, 0.25) is 0 Å². The number of carbonyl (C=O) groups is 3. The fraction of sp³-hybridized carbons (Fsp3) is 0.667. The summed E-state index contributed by atoms with van der Waals surface area (Å²) in [5.74, 6) is -1.07. The second kappa shape index (κ2) is 68.1. The van der Waals surface area contributed by atoms with Gasteiger partial charge in [-0.1, -0.05) is 302 Å². The van der Waals surface area contributed by atoms with Crippen LogP contribution in [0, 0.1) is 0 Å². The summed E-state index contributed by atoms with van der Waals surface area (Å²) in [4.78, 5) is 38.3. The molecule has 0 bridgehead atoms. The van der Waals surface area contributed by atoms with Crippen LogP contribution in [0.4, 0.5) is 0 Å². The average Bonchev–Trinajstić information content (AvgIpc) is 3.47. The van der Waals surface area contributed by atoms with E-state index in [1.807, 2.05) is 6.08 Å². The minimum absolute atomic E-state index is 0.118.